The predicted molar refractivity (Wildman–Crippen MR) is 65.6 cm³/mol. The van der Waals surface area contributed by atoms with Gasteiger partial charge in [0.25, 0.3) is 10.0 Å². The Balaban J connectivity index is 1.95. The highest BCUT2D eigenvalue weighted by molar-refractivity contribution is 7.89. The van der Waals surface area contributed by atoms with Crippen molar-refractivity contribution in [2.75, 3.05) is 13.7 Å². The Bertz CT molecular complexity index is 497. The highest BCUT2D eigenvalue weighted by Gasteiger charge is 2.24. The van der Waals surface area contributed by atoms with Crippen LogP contribution in [0.5, 0.6) is 0 Å². The molecule has 1 aromatic heterocycles. The molecular formula is C11H18N2O4S. The summed E-state index contributed by atoms with van der Waals surface area (Å²) in [5, 5.41) is 3.24. The molecule has 6 nitrogen and oxygen atoms in total. The van der Waals surface area contributed by atoms with Gasteiger partial charge >= 0.3 is 0 Å². The molecule has 0 aromatic carbocycles. The molecule has 2 rings (SSSR count). The topological polar surface area (TPSA) is 80.6 Å². The molecule has 2 N–H and O–H groups in total. The van der Waals surface area contributed by atoms with E-state index in [1.54, 1.807) is 6.07 Å². The summed E-state index contributed by atoms with van der Waals surface area (Å²) in [4.78, 5) is 0. The van der Waals surface area contributed by atoms with Crippen LogP contribution < -0.4 is 10.0 Å². The Morgan fingerprint density at radius 2 is 2.22 bits per heavy atom. The summed E-state index contributed by atoms with van der Waals surface area (Å²) in [6.07, 6.45) is 1.14. The van der Waals surface area contributed by atoms with Crippen molar-refractivity contribution in [3.8, 4) is 0 Å². The van der Waals surface area contributed by atoms with Crippen molar-refractivity contribution >= 4 is 10.0 Å². The van der Waals surface area contributed by atoms with Crippen molar-refractivity contribution in [2.45, 2.75) is 37.1 Å². The quantitative estimate of drug-likeness (QED) is 0.815. The first-order valence-electron chi connectivity index (χ1n) is 5.90. The largest absolute Gasteiger partial charge is 0.447 e. The van der Waals surface area contributed by atoms with E-state index in [1.165, 1.54) is 13.1 Å². The molecule has 102 valence electrons. The van der Waals surface area contributed by atoms with Crippen molar-refractivity contribution in [1.29, 1.82) is 0 Å². The molecule has 2 atom stereocenters. The first-order valence-corrected chi connectivity index (χ1v) is 7.38. The second-order valence-electron chi connectivity index (χ2n) is 4.28. The number of rotatable bonds is 5. The molecule has 1 aliphatic rings. The third-order valence-electron chi connectivity index (χ3n) is 3.09. The fraction of sp³-hybridized carbons (Fsp3) is 0.636. The molecule has 1 fully saturated rings. The number of furan rings is 1. The first kappa shape index (κ1) is 13.5. The second kappa shape index (κ2) is 5.40. The van der Waals surface area contributed by atoms with Crippen LogP contribution in [-0.2, 0) is 21.3 Å². The lowest BCUT2D eigenvalue weighted by atomic mass is 10.1. The summed E-state index contributed by atoms with van der Waals surface area (Å²) in [5.74, 6) is 0.600. The predicted octanol–water partition coefficient (Wildman–Crippen LogP) is 0.455. The SMILES string of the molecule is CNS(=O)(=O)c1ccc(CNC2CCOC2C)o1. The van der Waals surface area contributed by atoms with E-state index in [0.29, 0.717) is 18.3 Å². The Kier molecular flexibility index (Phi) is 4.06. The van der Waals surface area contributed by atoms with Crippen LogP contribution >= 0.6 is 0 Å². The fourth-order valence-electron chi connectivity index (χ4n) is 1.93. The van der Waals surface area contributed by atoms with Crippen LogP contribution in [0.3, 0.4) is 0 Å². The van der Waals surface area contributed by atoms with Crippen LogP contribution in [0.25, 0.3) is 0 Å². The van der Waals surface area contributed by atoms with Gasteiger partial charge < -0.3 is 14.5 Å². The molecule has 1 aromatic rings. The highest BCUT2D eigenvalue weighted by Crippen LogP contribution is 2.16. The minimum Gasteiger partial charge on any atom is -0.447 e. The van der Waals surface area contributed by atoms with Gasteiger partial charge in [-0.3, -0.25) is 0 Å². The zero-order valence-electron chi connectivity index (χ0n) is 10.5. The van der Waals surface area contributed by atoms with Gasteiger partial charge in [-0.25, -0.2) is 13.1 Å². The van der Waals surface area contributed by atoms with Gasteiger partial charge in [-0.15, -0.1) is 0 Å². The van der Waals surface area contributed by atoms with Crippen LogP contribution in [0.15, 0.2) is 21.6 Å². The molecule has 18 heavy (non-hydrogen) atoms. The Morgan fingerprint density at radius 3 is 2.83 bits per heavy atom. The summed E-state index contributed by atoms with van der Waals surface area (Å²) >= 11 is 0. The normalized spacial score (nSPS) is 24.6. The molecule has 1 aliphatic heterocycles. The van der Waals surface area contributed by atoms with Gasteiger partial charge in [0.15, 0.2) is 0 Å². The van der Waals surface area contributed by atoms with E-state index < -0.39 is 10.0 Å². The monoisotopic (exact) mass is 274 g/mol. The van der Waals surface area contributed by atoms with Gasteiger partial charge in [-0.05, 0) is 32.5 Å². The molecule has 0 amide bonds. The average molecular weight is 274 g/mol. The van der Waals surface area contributed by atoms with Gasteiger partial charge in [-0.1, -0.05) is 0 Å². The fourth-order valence-corrected chi connectivity index (χ4v) is 2.59. The summed E-state index contributed by atoms with van der Waals surface area (Å²) < 4.78 is 35.9. The van der Waals surface area contributed by atoms with Crippen LogP contribution in [0.1, 0.15) is 19.1 Å². The van der Waals surface area contributed by atoms with Gasteiger partial charge in [0.1, 0.15) is 5.76 Å². The number of hydrogen-bond donors (Lipinski definition) is 2. The van der Waals surface area contributed by atoms with E-state index in [4.69, 9.17) is 9.15 Å². The summed E-state index contributed by atoms with van der Waals surface area (Å²) in [7, 11) is -2.14. The zero-order chi connectivity index (χ0) is 13.2. The van der Waals surface area contributed by atoms with E-state index in [-0.39, 0.29) is 11.2 Å². The van der Waals surface area contributed by atoms with Gasteiger partial charge in [0.05, 0.1) is 12.6 Å². The van der Waals surface area contributed by atoms with Crippen molar-refractivity contribution in [1.82, 2.24) is 10.0 Å². The van der Waals surface area contributed by atoms with Crippen molar-refractivity contribution in [3.63, 3.8) is 0 Å². The summed E-state index contributed by atoms with van der Waals surface area (Å²) in [6.45, 7) is 3.28. The van der Waals surface area contributed by atoms with Crippen molar-refractivity contribution in [3.05, 3.63) is 17.9 Å². The van der Waals surface area contributed by atoms with Gasteiger partial charge in [0.2, 0.25) is 5.09 Å². The molecule has 0 aliphatic carbocycles. The van der Waals surface area contributed by atoms with Gasteiger partial charge in [-0.2, -0.15) is 0 Å². The lowest BCUT2D eigenvalue weighted by Crippen LogP contribution is -2.34. The molecular weight excluding hydrogens is 256 g/mol. The lowest BCUT2D eigenvalue weighted by Gasteiger charge is -2.14. The first-order chi connectivity index (χ1) is 8.53. The number of nitrogens with one attached hydrogen (secondary N) is 2. The molecule has 7 heteroatoms. The number of sulfonamides is 1. The van der Waals surface area contributed by atoms with Gasteiger partial charge in [0, 0.05) is 12.6 Å². The Hall–Kier alpha value is -0.890. The molecule has 0 radical (unpaired) electrons. The van der Waals surface area contributed by atoms with Crippen molar-refractivity contribution in [2.24, 2.45) is 0 Å². The number of ether oxygens (including phenoxy) is 1. The van der Waals surface area contributed by atoms with E-state index in [0.717, 1.165) is 13.0 Å². The van der Waals surface area contributed by atoms with Crippen LogP contribution in [0.2, 0.25) is 0 Å². The van der Waals surface area contributed by atoms with E-state index in [2.05, 4.69) is 10.0 Å². The van der Waals surface area contributed by atoms with E-state index >= 15 is 0 Å². The average Bonchev–Trinajstić information content (AvgIpc) is 2.96. The molecule has 2 unspecified atom stereocenters. The molecule has 0 spiro atoms. The Morgan fingerprint density at radius 1 is 1.44 bits per heavy atom. The standard InChI is InChI=1S/C11H18N2O4S/c1-8-10(5-6-16-8)13-7-9-3-4-11(17-9)18(14,15)12-2/h3-4,8,10,12-13H,5-7H2,1-2H3. The molecule has 2 heterocycles. The molecule has 0 saturated carbocycles. The van der Waals surface area contributed by atoms with E-state index in [9.17, 15) is 8.42 Å². The zero-order valence-corrected chi connectivity index (χ0v) is 11.3. The third-order valence-corrected chi connectivity index (χ3v) is 4.37. The Labute approximate surface area is 107 Å². The summed E-state index contributed by atoms with van der Waals surface area (Å²) in [5.41, 5.74) is 0. The smallest absolute Gasteiger partial charge is 0.273 e. The van der Waals surface area contributed by atoms with Crippen LogP contribution in [0, 0.1) is 0 Å². The van der Waals surface area contributed by atoms with E-state index in [1.807, 2.05) is 6.92 Å². The molecule has 0 bridgehead atoms. The van der Waals surface area contributed by atoms with Crippen LogP contribution in [0.4, 0.5) is 0 Å². The maximum atomic E-state index is 11.5. The summed E-state index contributed by atoms with van der Waals surface area (Å²) in [6, 6.07) is 3.41. The number of hydrogen-bond acceptors (Lipinski definition) is 5. The minimum atomic E-state index is -3.49. The lowest BCUT2D eigenvalue weighted by molar-refractivity contribution is 0.112. The second-order valence-corrected chi connectivity index (χ2v) is 6.10. The van der Waals surface area contributed by atoms with Crippen molar-refractivity contribution < 1.29 is 17.6 Å². The maximum absolute atomic E-state index is 11.5. The maximum Gasteiger partial charge on any atom is 0.273 e. The minimum absolute atomic E-state index is 0.0579. The molecule has 1 saturated heterocycles. The van der Waals surface area contributed by atoms with Crippen LogP contribution in [-0.4, -0.2) is 34.2 Å². The third kappa shape index (κ3) is 2.92. The highest BCUT2D eigenvalue weighted by atomic mass is 32.2.